The number of hydrogen-bond donors (Lipinski definition) is 0. The molecule has 4 aromatic rings. The van der Waals surface area contributed by atoms with Gasteiger partial charge in [-0.05, 0) is 36.8 Å². The van der Waals surface area contributed by atoms with E-state index in [9.17, 15) is 4.79 Å². The van der Waals surface area contributed by atoms with Crippen LogP contribution in [0.5, 0.6) is 17.2 Å². The fraction of sp³-hybridized carbons (Fsp3) is 0.240. The predicted molar refractivity (Wildman–Crippen MR) is 127 cm³/mol. The van der Waals surface area contributed by atoms with Crippen LogP contribution in [0.1, 0.15) is 20.8 Å². The van der Waals surface area contributed by atoms with Crippen LogP contribution in [0.25, 0.3) is 22.2 Å². The zero-order valence-corrected chi connectivity index (χ0v) is 19.4. The third kappa shape index (κ3) is 3.87. The minimum atomic E-state index is -0.0530. The van der Waals surface area contributed by atoms with Crippen molar-refractivity contribution in [3.8, 4) is 28.5 Å². The van der Waals surface area contributed by atoms with Gasteiger partial charge in [0.1, 0.15) is 22.8 Å². The van der Waals surface area contributed by atoms with Crippen molar-refractivity contribution in [2.24, 2.45) is 0 Å². The Morgan fingerprint density at radius 1 is 1.15 bits per heavy atom. The van der Waals surface area contributed by atoms with Crippen LogP contribution >= 0.6 is 11.3 Å². The Hall–Kier alpha value is -3.65. The van der Waals surface area contributed by atoms with Crippen molar-refractivity contribution in [2.45, 2.75) is 13.5 Å². The molecule has 0 saturated heterocycles. The lowest BCUT2D eigenvalue weighted by Gasteiger charge is -2.19. The Balaban J connectivity index is 1.60. The molecule has 1 aliphatic heterocycles. The van der Waals surface area contributed by atoms with Gasteiger partial charge in [0.05, 0.1) is 38.2 Å². The van der Waals surface area contributed by atoms with Gasteiger partial charge < -0.3 is 19.1 Å². The predicted octanol–water partition coefficient (Wildman–Crippen LogP) is 4.72. The average Bonchev–Trinajstić information content (AvgIpc) is 3.29. The summed E-state index contributed by atoms with van der Waals surface area (Å²) in [7, 11) is 3.27. The summed E-state index contributed by atoms with van der Waals surface area (Å²) in [5.41, 5.74) is 6.13. The SMILES string of the molecule is COc1cc(-c2cc(C)c3cccc(OC)c3n2)cc2c1OCCN(C(=O)c1cncs1)C2. The van der Waals surface area contributed by atoms with Crippen molar-refractivity contribution in [1.29, 1.82) is 0 Å². The zero-order chi connectivity index (χ0) is 22.9. The Morgan fingerprint density at radius 3 is 2.76 bits per heavy atom. The number of aryl methyl sites for hydroxylation is 1. The molecular formula is C25H23N3O4S. The molecule has 2 aromatic carbocycles. The molecule has 0 aliphatic carbocycles. The maximum Gasteiger partial charge on any atom is 0.265 e. The number of hydrogen-bond acceptors (Lipinski definition) is 7. The van der Waals surface area contributed by atoms with E-state index in [1.807, 2.05) is 30.3 Å². The summed E-state index contributed by atoms with van der Waals surface area (Å²) in [6.07, 6.45) is 1.60. The van der Waals surface area contributed by atoms with Crippen LogP contribution < -0.4 is 14.2 Å². The number of rotatable bonds is 4. The molecule has 3 heterocycles. The molecule has 0 atom stereocenters. The molecule has 168 valence electrons. The quantitative estimate of drug-likeness (QED) is 0.438. The summed E-state index contributed by atoms with van der Waals surface area (Å²) < 4.78 is 17.2. The molecule has 33 heavy (non-hydrogen) atoms. The zero-order valence-electron chi connectivity index (χ0n) is 18.6. The summed E-state index contributed by atoms with van der Waals surface area (Å²) in [6, 6.07) is 11.9. The number of pyridine rings is 1. The topological polar surface area (TPSA) is 73.8 Å². The number of carbonyl (C=O) groups excluding carboxylic acids is 1. The van der Waals surface area contributed by atoms with E-state index in [-0.39, 0.29) is 5.91 Å². The van der Waals surface area contributed by atoms with Gasteiger partial charge in [-0.3, -0.25) is 9.78 Å². The lowest BCUT2D eigenvalue weighted by Crippen LogP contribution is -2.31. The van der Waals surface area contributed by atoms with Gasteiger partial charge in [0.2, 0.25) is 0 Å². The first-order chi connectivity index (χ1) is 16.1. The normalized spacial score (nSPS) is 13.2. The lowest BCUT2D eigenvalue weighted by molar-refractivity contribution is 0.0737. The van der Waals surface area contributed by atoms with E-state index >= 15 is 0 Å². The lowest BCUT2D eigenvalue weighted by atomic mass is 10.0. The number of fused-ring (bicyclic) bond motifs is 2. The molecule has 1 amide bonds. The van der Waals surface area contributed by atoms with Crippen molar-refractivity contribution < 1.29 is 19.0 Å². The van der Waals surface area contributed by atoms with Gasteiger partial charge in [0.25, 0.3) is 5.91 Å². The van der Waals surface area contributed by atoms with E-state index in [0.29, 0.717) is 36.1 Å². The third-order valence-corrected chi connectivity index (χ3v) is 6.54. The number of nitrogens with zero attached hydrogens (tertiary/aromatic N) is 3. The number of benzene rings is 2. The smallest absolute Gasteiger partial charge is 0.265 e. The minimum Gasteiger partial charge on any atom is -0.494 e. The molecule has 0 radical (unpaired) electrons. The molecule has 8 heteroatoms. The summed E-state index contributed by atoms with van der Waals surface area (Å²) in [5.74, 6) is 1.96. The van der Waals surface area contributed by atoms with Gasteiger partial charge in [-0.15, -0.1) is 11.3 Å². The van der Waals surface area contributed by atoms with Crippen LogP contribution in [0.15, 0.2) is 48.1 Å². The Morgan fingerprint density at radius 2 is 2.00 bits per heavy atom. The van der Waals surface area contributed by atoms with Crippen LogP contribution in [-0.2, 0) is 6.54 Å². The average molecular weight is 462 g/mol. The van der Waals surface area contributed by atoms with Crippen LogP contribution in [0.4, 0.5) is 0 Å². The van der Waals surface area contributed by atoms with Gasteiger partial charge in [-0.1, -0.05) is 12.1 Å². The van der Waals surface area contributed by atoms with Crippen LogP contribution in [-0.4, -0.2) is 48.1 Å². The standard InChI is InChI=1S/C25H23N3O4S/c1-15-9-19(27-23-18(15)5-4-6-20(23)30-2)16-10-17-13-28(25(29)22-12-26-14-33-22)7-8-32-24(17)21(11-16)31-3/h4-6,9-12,14H,7-8,13H2,1-3H3. The molecule has 0 fully saturated rings. The van der Waals surface area contributed by atoms with Crippen molar-refractivity contribution >= 4 is 28.1 Å². The first-order valence-corrected chi connectivity index (χ1v) is 11.4. The summed E-state index contributed by atoms with van der Waals surface area (Å²) in [6.45, 7) is 3.34. The second-order valence-electron chi connectivity index (χ2n) is 7.79. The van der Waals surface area contributed by atoms with Gasteiger partial charge >= 0.3 is 0 Å². The monoisotopic (exact) mass is 461 g/mol. The van der Waals surface area contributed by atoms with Crippen LogP contribution in [0, 0.1) is 6.92 Å². The van der Waals surface area contributed by atoms with E-state index in [4.69, 9.17) is 19.2 Å². The second kappa shape index (κ2) is 8.71. The van der Waals surface area contributed by atoms with Crippen LogP contribution in [0.3, 0.4) is 0 Å². The van der Waals surface area contributed by atoms with Crippen molar-refractivity contribution in [3.63, 3.8) is 0 Å². The highest BCUT2D eigenvalue weighted by Crippen LogP contribution is 2.39. The van der Waals surface area contributed by atoms with E-state index in [1.54, 1.807) is 30.8 Å². The Bertz CT molecular complexity index is 1340. The number of amides is 1. The number of thiazole rings is 1. The summed E-state index contributed by atoms with van der Waals surface area (Å²) >= 11 is 1.34. The van der Waals surface area contributed by atoms with E-state index < -0.39 is 0 Å². The molecule has 0 bridgehead atoms. The van der Waals surface area contributed by atoms with Gasteiger partial charge in [0, 0.05) is 23.1 Å². The molecule has 2 aromatic heterocycles. The maximum absolute atomic E-state index is 13.0. The van der Waals surface area contributed by atoms with Gasteiger partial charge in [-0.25, -0.2) is 4.98 Å². The largest absolute Gasteiger partial charge is 0.494 e. The number of para-hydroxylation sites is 1. The molecule has 1 aliphatic rings. The van der Waals surface area contributed by atoms with Crippen molar-refractivity contribution in [3.05, 3.63) is 64.1 Å². The highest BCUT2D eigenvalue weighted by Gasteiger charge is 2.25. The Labute approximate surface area is 195 Å². The molecule has 0 spiro atoms. The number of carbonyl (C=O) groups is 1. The van der Waals surface area contributed by atoms with Gasteiger partial charge in [-0.2, -0.15) is 0 Å². The Kier molecular flexibility index (Phi) is 5.60. The van der Waals surface area contributed by atoms with Crippen molar-refractivity contribution in [1.82, 2.24) is 14.9 Å². The molecule has 5 rings (SSSR count). The van der Waals surface area contributed by atoms with E-state index in [2.05, 4.69) is 18.0 Å². The first-order valence-electron chi connectivity index (χ1n) is 10.5. The number of ether oxygens (including phenoxy) is 3. The van der Waals surface area contributed by atoms with E-state index in [1.165, 1.54) is 11.3 Å². The highest BCUT2D eigenvalue weighted by molar-refractivity contribution is 7.11. The minimum absolute atomic E-state index is 0.0530. The number of methoxy groups -OCH3 is 2. The molecule has 0 saturated carbocycles. The third-order valence-electron chi connectivity index (χ3n) is 5.78. The number of aromatic nitrogens is 2. The molecule has 0 unspecified atom stereocenters. The fourth-order valence-electron chi connectivity index (χ4n) is 4.14. The van der Waals surface area contributed by atoms with Gasteiger partial charge in [0.15, 0.2) is 11.5 Å². The molecule has 7 nitrogen and oxygen atoms in total. The molecule has 0 N–H and O–H groups in total. The molecular weight excluding hydrogens is 438 g/mol. The first kappa shape index (κ1) is 21.2. The highest BCUT2D eigenvalue weighted by atomic mass is 32.1. The van der Waals surface area contributed by atoms with Crippen LogP contribution in [0.2, 0.25) is 0 Å². The summed E-state index contributed by atoms with van der Waals surface area (Å²) in [4.78, 5) is 24.3. The van der Waals surface area contributed by atoms with E-state index in [0.717, 1.165) is 39.0 Å². The second-order valence-corrected chi connectivity index (χ2v) is 8.67. The maximum atomic E-state index is 13.0. The fourth-order valence-corrected chi connectivity index (χ4v) is 4.72. The summed E-state index contributed by atoms with van der Waals surface area (Å²) in [5, 5.41) is 1.05. The van der Waals surface area contributed by atoms with Crippen molar-refractivity contribution in [2.75, 3.05) is 27.4 Å².